The lowest BCUT2D eigenvalue weighted by atomic mass is 10.2. The molecule has 3 aromatic rings. The Morgan fingerprint density at radius 2 is 1.88 bits per heavy atom. The van der Waals surface area contributed by atoms with Crippen molar-refractivity contribution in [1.29, 1.82) is 0 Å². The number of rotatable bonds is 5. The Labute approximate surface area is 150 Å². The highest BCUT2D eigenvalue weighted by atomic mass is 35.5. The number of hydrogen-bond donors (Lipinski definition) is 1. The lowest BCUT2D eigenvalue weighted by Gasteiger charge is -2.11. The molecule has 6 nitrogen and oxygen atoms in total. The summed E-state index contributed by atoms with van der Waals surface area (Å²) < 4.78 is 37.8. The SMILES string of the molecule is COc1ccc(Cl)c(NS(=O)(=O)c2ccc(-c3coc(C)n3)cc2)c1. The van der Waals surface area contributed by atoms with Crippen molar-refractivity contribution in [2.24, 2.45) is 0 Å². The van der Waals surface area contributed by atoms with Crippen molar-refractivity contribution in [2.75, 3.05) is 11.8 Å². The van der Waals surface area contributed by atoms with Crippen LogP contribution >= 0.6 is 11.6 Å². The number of oxazole rings is 1. The molecular weight excluding hydrogens is 364 g/mol. The highest BCUT2D eigenvalue weighted by molar-refractivity contribution is 7.92. The van der Waals surface area contributed by atoms with Gasteiger partial charge < -0.3 is 9.15 Å². The van der Waals surface area contributed by atoms with Crippen molar-refractivity contribution in [3.05, 3.63) is 59.6 Å². The van der Waals surface area contributed by atoms with Gasteiger partial charge in [0.05, 0.1) is 22.7 Å². The number of anilines is 1. The van der Waals surface area contributed by atoms with Crippen LogP contribution in [0, 0.1) is 6.92 Å². The van der Waals surface area contributed by atoms with Gasteiger partial charge in [-0.2, -0.15) is 0 Å². The van der Waals surface area contributed by atoms with Crippen LogP contribution in [0.4, 0.5) is 5.69 Å². The van der Waals surface area contributed by atoms with Crippen LogP contribution in [0.2, 0.25) is 5.02 Å². The van der Waals surface area contributed by atoms with E-state index in [1.165, 1.54) is 31.6 Å². The van der Waals surface area contributed by atoms with Gasteiger partial charge in [-0.3, -0.25) is 4.72 Å². The summed E-state index contributed by atoms with van der Waals surface area (Å²) in [6, 6.07) is 11.1. The lowest BCUT2D eigenvalue weighted by Crippen LogP contribution is -2.13. The summed E-state index contributed by atoms with van der Waals surface area (Å²) >= 11 is 6.05. The van der Waals surface area contributed by atoms with Crippen LogP contribution in [0.25, 0.3) is 11.3 Å². The van der Waals surface area contributed by atoms with Crippen molar-refractivity contribution in [2.45, 2.75) is 11.8 Å². The second-order valence-corrected chi connectivity index (χ2v) is 7.32. The van der Waals surface area contributed by atoms with Gasteiger partial charge in [0.2, 0.25) is 0 Å². The molecule has 0 aliphatic heterocycles. The minimum Gasteiger partial charge on any atom is -0.497 e. The molecule has 0 amide bonds. The van der Waals surface area contributed by atoms with Crippen LogP contribution in [0.1, 0.15) is 5.89 Å². The molecule has 0 bridgehead atoms. The largest absolute Gasteiger partial charge is 0.497 e. The first-order valence-electron chi connectivity index (χ1n) is 7.28. The molecule has 0 saturated carbocycles. The molecule has 0 unspecified atom stereocenters. The third kappa shape index (κ3) is 3.78. The molecule has 1 heterocycles. The molecular formula is C17H15ClN2O4S. The Kier molecular flexibility index (Phi) is 4.69. The van der Waals surface area contributed by atoms with Gasteiger partial charge in [-0.25, -0.2) is 13.4 Å². The monoisotopic (exact) mass is 378 g/mol. The second kappa shape index (κ2) is 6.78. The van der Waals surface area contributed by atoms with Gasteiger partial charge >= 0.3 is 0 Å². The van der Waals surface area contributed by atoms with E-state index in [0.717, 1.165) is 5.56 Å². The molecule has 25 heavy (non-hydrogen) atoms. The van der Waals surface area contributed by atoms with Crippen molar-refractivity contribution in [3.63, 3.8) is 0 Å². The Hall–Kier alpha value is -2.51. The molecule has 0 saturated heterocycles. The number of nitrogens with zero attached hydrogens (tertiary/aromatic N) is 1. The van der Waals surface area contributed by atoms with Gasteiger partial charge in [-0.1, -0.05) is 23.7 Å². The number of benzene rings is 2. The van der Waals surface area contributed by atoms with E-state index in [2.05, 4.69) is 9.71 Å². The standard InChI is InChI=1S/C17H15ClN2O4S/c1-11-19-17(10-24-11)12-3-6-14(7-4-12)25(21,22)20-16-9-13(23-2)5-8-15(16)18/h3-10,20H,1-2H3. The van der Waals surface area contributed by atoms with Crippen molar-refractivity contribution in [3.8, 4) is 17.0 Å². The Balaban J connectivity index is 1.87. The molecule has 2 aromatic carbocycles. The van der Waals surface area contributed by atoms with E-state index in [1.807, 2.05) is 0 Å². The summed E-state index contributed by atoms with van der Waals surface area (Å²) in [4.78, 5) is 4.31. The zero-order valence-corrected chi connectivity index (χ0v) is 15.1. The summed E-state index contributed by atoms with van der Waals surface area (Å²) in [6.45, 7) is 1.74. The first-order valence-corrected chi connectivity index (χ1v) is 9.14. The Morgan fingerprint density at radius 3 is 2.48 bits per heavy atom. The van der Waals surface area contributed by atoms with Crippen molar-refractivity contribution < 1.29 is 17.6 Å². The van der Waals surface area contributed by atoms with Crippen LogP contribution < -0.4 is 9.46 Å². The quantitative estimate of drug-likeness (QED) is 0.722. The number of nitrogens with one attached hydrogen (secondary N) is 1. The average molecular weight is 379 g/mol. The Morgan fingerprint density at radius 1 is 1.16 bits per heavy atom. The molecule has 8 heteroatoms. The third-order valence-electron chi connectivity index (χ3n) is 3.50. The molecule has 1 N–H and O–H groups in total. The van der Waals surface area contributed by atoms with E-state index in [9.17, 15) is 8.42 Å². The minimum absolute atomic E-state index is 0.107. The van der Waals surface area contributed by atoms with Crippen LogP contribution in [0.15, 0.2) is 58.0 Å². The van der Waals surface area contributed by atoms with Gasteiger partial charge in [0.25, 0.3) is 10.0 Å². The maximum absolute atomic E-state index is 12.6. The van der Waals surface area contributed by atoms with Gasteiger partial charge in [-0.15, -0.1) is 0 Å². The molecule has 0 radical (unpaired) electrons. The van der Waals surface area contributed by atoms with Gasteiger partial charge in [0.1, 0.15) is 17.7 Å². The fourth-order valence-corrected chi connectivity index (χ4v) is 3.51. The van der Waals surface area contributed by atoms with E-state index in [1.54, 1.807) is 31.2 Å². The van der Waals surface area contributed by atoms with Crippen LogP contribution in [0.5, 0.6) is 5.75 Å². The van der Waals surface area contributed by atoms with Gasteiger partial charge in [0, 0.05) is 18.6 Å². The number of ether oxygens (including phenoxy) is 1. The second-order valence-electron chi connectivity index (χ2n) is 5.23. The summed E-state index contributed by atoms with van der Waals surface area (Å²) in [5, 5.41) is 0.277. The van der Waals surface area contributed by atoms with Gasteiger partial charge in [-0.05, 0) is 24.3 Å². The predicted molar refractivity (Wildman–Crippen MR) is 95.5 cm³/mol. The van der Waals surface area contributed by atoms with Gasteiger partial charge in [0.15, 0.2) is 5.89 Å². The average Bonchev–Trinajstić information content (AvgIpc) is 3.03. The molecule has 130 valence electrons. The van der Waals surface area contributed by atoms with Crippen LogP contribution in [-0.2, 0) is 10.0 Å². The first kappa shape index (κ1) is 17.3. The number of methoxy groups -OCH3 is 1. The maximum Gasteiger partial charge on any atom is 0.261 e. The normalized spacial score (nSPS) is 11.3. The molecule has 0 fully saturated rings. The highest BCUT2D eigenvalue weighted by Crippen LogP contribution is 2.29. The lowest BCUT2D eigenvalue weighted by molar-refractivity contribution is 0.415. The topological polar surface area (TPSA) is 81.4 Å². The summed E-state index contributed by atoms with van der Waals surface area (Å²) in [5.41, 5.74) is 1.65. The zero-order chi connectivity index (χ0) is 18.0. The predicted octanol–water partition coefficient (Wildman–Crippen LogP) is 4.11. The fraction of sp³-hybridized carbons (Fsp3) is 0.118. The summed E-state index contributed by atoms with van der Waals surface area (Å²) in [5.74, 6) is 1.04. The molecule has 0 spiro atoms. The van der Waals surface area contributed by atoms with E-state index < -0.39 is 10.0 Å². The first-order chi connectivity index (χ1) is 11.9. The Bertz CT molecular complexity index is 998. The number of aromatic nitrogens is 1. The van der Waals surface area contributed by atoms with E-state index in [-0.39, 0.29) is 15.6 Å². The fourth-order valence-electron chi connectivity index (χ4n) is 2.21. The minimum atomic E-state index is -3.79. The van der Waals surface area contributed by atoms with Crippen LogP contribution in [-0.4, -0.2) is 20.5 Å². The van der Waals surface area contributed by atoms with E-state index >= 15 is 0 Å². The van der Waals surface area contributed by atoms with Crippen LogP contribution in [0.3, 0.4) is 0 Å². The number of hydrogen-bond acceptors (Lipinski definition) is 5. The third-order valence-corrected chi connectivity index (χ3v) is 5.21. The zero-order valence-electron chi connectivity index (χ0n) is 13.5. The molecule has 3 rings (SSSR count). The van der Waals surface area contributed by atoms with E-state index in [0.29, 0.717) is 17.3 Å². The van der Waals surface area contributed by atoms with Crippen molar-refractivity contribution >= 4 is 27.3 Å². The smallest absolute Gasteiger partial charge is 0.261 e. The summed E-state index contributed by atoms with van der Waals surface area (Å²) in [6.07, 6.45) is 1.52. The van der Waals surface area contributed by atoms with E-state index in [4.69, 9.17) is 20.8 Å². The molecule has 1 aromatic heterocycles. The molecule has 0 atom stereocenters. The molecule has 0 aliphatic carbocycles. The van der Waals surface area contributed by atoms with Crippen molar-refractivity contribution in [1.82, 2.24) is 4.98 Å². The highest BCUT2D eigenvalue weighted by Gasteiger charge is 2.17. The number of sulfonamides is 1. The number of aryl methyl sites for hydroxylation is 1. The summed E-state index contributed by atoms with van der Waals surface area (Å²) in [7, 11) is -2.30. The number of halogens is 1. The maximum atomic E-state index is 12.6. The molecule has 0 aliphatic rings.